The Kier molecular flexibility index (Phi) is 3.85. The van der Waals surface area contributed by atoms with Crippen molar-refractivity contribution in [1.29, 1.82) is 0 Å². The smallest absolute Gasteiger partial charge is 0.158 e. The number of carbonyl (C=O) groups excluding carboxylic acids is 1. The molecule has 3 rings (SSSR count). The molecule has 2 aromatic rings. The van der Waals surface area contributed by atoms with Crippen LogP contribution in [0.3, 0.4) is 0 Å². The minimum Gasteiger partial charge on any atom is -0.297 e. The Balaban J connectivity index is 2.24. The molecule has 0 radical (unpaired) electrons. The molecule has 100 valence electrons. The summed E-state index contributed by atoms with van der Waals surface area (Å²) in [5, 5.41) is 0. The van der Waals surface area contributed by atoms with Gasteiger partial charge in [-0.2, -0.15) is 0 Å². The molecule has 0 fully saturated rings. The fourth-order valence-electron chi connectivity index (χ4n) is 2.34. The lowest BCUT2D eigenvalue weighted by molar-refractivity contribution is -0.117. The van der Waals surface area contributed by atoms with Crippen LogP contribution in [-0.2, 0) is 11.2 Å². The molecule has 0 bridgehead atoms. The summed E-state index contributed by atoms with van der Waals surface area (Å²) < 4.78 is 1.92. The number of fused-ring (bicyclic) bond motifs is 1. The van der Waals surface area contributed by atoms with Gasteiger partial charge in [0.2, 0.25) is 0 Å². The molecular weight excluding hydrogens is 382 g/mol. The summed E-state index contributed by atoms with van der Waals surface area (Å²) >= 11 is 7.07. The fraction of sp³-hybridized carbons (Fsp3) is 0.125. The number of rotatable bonds is 1. The number of benzene rings is 2. The lowest BCUT2D eigenvalue weighted by atomic mass is 9.96. The van der Waals surface area contributed by atoms with Gasteiger partial charge in [-0.3, -0.25) is 9.79 Å². The van der Waals surface area contributed by atoms with E-state index in [0.29, 0.717) is 6.42 Å². The molecule has 1 aliphatic rings. The number of hydrogen-bond donors (Lipinski definition) is 0. The molecule has 2 aromatic carbocycles. The number of hydrogen-bond acceptors (Lipinski definition) is 2. The molecule has 4 heteroatoms. The summed E-state index contributed by atoms with van der Waals surface area (Å²) in [5.41, 5.74) is 3.95. The normalized spacial score (nSPS) is 14.5. The van der Waals surface area contributed by atoms with Crippen molar-refractivity contribution in [2.24, 2.45) is 4.99 Å². The average Bonchev–Trinajstić information content (AvgIpc) is 2.59. The molecule has 20 heavy (non-hydrogen) atoms. The molecule has 0 spiro atoms. The van der Waals surface area contributed by atoms with Crippen LogP contribution in [0.5, 0.6) is 0 Å². The quantitative estimate of drug-likeness (QED) is 0.715. The Morgan fingerprint density at radius 1 is 1.05 bits per heavy atom. The van der Waals surface area contributed by atoms with Crippen LogP contribution in [0.15, 0.2) is 56.4 Å². The summed E-state index contributed by atoms with van der Waals surface area (Å²) in [6, 6.07) is 14.0. The van der Waals surface area contributed by atoms with E-state index in [4.69, 9.17) is 0 Å². The summed E-state index contributed by atoms with van der Waals surface area (Å²) in [4.78, 5) is 16.4. The molecule has 2 nitrogen and oxygen atoms in total. The molecule has 0 atom stereocenters. The maximum atomic E-state index is 11.9. The van der Waals surface area contributed by atoms with Gasteiger partial charge in [0.25, 0.3) is 0 Å². The predicted molar refractivity (Wildman–Crippen MR) is 87.5 cm³/mol. The van der Waals surface area contributed by atoms with Crippen LogP contribution in [0, 0.1) is 0 Å². The summed E-state index contributed by atoms with van der Waals surface area (Å²) in [6.07, 6.45) is 0.420. The highest BCUT2D eigenvalue weighted by atomic mass is 79.9. The minimum absolute atomic E-state index is 0.139. The average molecular weight is 393 g/mol. The summed E-state index contributed by atoms with van der Waals surface area (Å²) in [7, 11) is 0. The van der Waals surface area contributed by atoms with Crippen molar-refractivity contribution in [3.05, 3.63) is 68.1 Å². The van der Waals surface area contributed by atoms with Crippen LogP contribution in [0.2, 0.25) is 0 Å². The molecule has 0 aliphatic carbocycles. The number of ketones is 1. The first-order valence-electron chi connectivity index (χ1n) is 6.25. The standard InChI is InChI=1S/C16H11Br2NO/c17-11-6-14-13(15(18)7-11)8-12(20)9-19-16(14)10-4-2-1-3-5-10/h1-7H,8-9H2. The van der Waals surface area contributed by atoms with Gasteiger partial charge >= 0.3 is 0 Å². The van der Waals surface area contributed by atoms with Crippen LogP contribution in [0.25, 0.3) is 0 Å². The van der Waals surface area contributed by atoms with Gasteiger partial charge < -0.3 is 0 Å². The monoisotopic (exact) mass is 391 g/mol. The Hall–Kier alpha value is -1.26. The third-order valence-electron chi connectivity index (χ3n) is 3.25. The highest BCUT2D eigenvalue weighted by molar-refractivity contribution is 9.11. The van der Waals surface area contributed by atoms with Crippen LogP contribution < -0.4 is 0 Å². The number of aliphatic imine (C=N–C) groups is 1. The summed E-state index contributed by atoms with van der Waals surface area (Å²) in [5.74, 6) is 0.139. The largest absolute Gasteiger partial charge is 0.297 e. The molecule has 0 unspecified atom stereocenters. The van der Waals surface area contributed by atoms with E-state index in [2.05, 4.69) is 36.9 Å². The van der Waals surface area contributed by atoms with Crippen molar-refractivity contribution < 1.29 is 4.79 Å². The van der Waals surface area contributed by atoms with E-state index in [1.807, 2.05) is 42.5 Å². The molecule has 0 saturated heterocycles. The highest BCUT2D eigenvalue weighted by Gasteiger charge is 2.20. The molecule has 1 heterocycles. The van der Waals surface area contributed by atoms with Crippen LogP contribution in [-0.4, -0.2) is 18.0 Å². The molecular formula is C16H11Br2NO. The number of Topliss-reactive ketones (excluding diaryl/α,β-unsaturated/α-hetero) is 1. The van der Waals surface area contributed by atoms with E-state index in [-0.39, 0.29) is 12.3 Å². The third kappa shape index (κ3) is 2.63. The fourth-order valence-corrected chi connectivity index (χ4v) is 3.71. The van der Waals surface area contributed by atoms with Crippen molar-refractivity contribution in [3.8, 4) is 0 Å². The molecule has 1 aliphatic heterocycles. The summed E-state index contributed by atoms with van der Waals surface area (Å²) in [6.45, 7) is 0.239. The van der Waals surface area contributed by atoms with Crippen LogP contribution in [0.4, 0.5) is 0 Å². The van der Waals surface area contributed by atoms with E-state index < -0.39 is 0 Å². The first-order chi connectivity index (χ1) is 9.65. The molecule has 0 aromatic heterocycles. The lowest BCUT2D eigenvalue weighted by Gasteiger charge is -2.12. The van der Waals surface area contributed by atoms with Gasteiger partial charge in [-0.05, 0) is 17.7 Å². The lowest BCUT2D eigenvalue weighted by Crippen LogP contribution is -2.07. The van der Waals surface area contributed by atoms with Crippen LogP contribution >= 0.6 is 31.9 Å². The van der Waals surface area contributed by atoms with E-state index >= 15 is 0 Å². The second-order valence-corrected chi connectivity index (χ2v) is 6.43. The highest BCUT2D eigenvalue weighted by Crippen LogP contribution is 2.30. The first-order valence-corrected chi connectivity index (χ1v) is 7.83. The van der Waals surface area contributed by atoms with Crippen molar-refractivity contribution in [2.45, 2.75) is 6.42 Å². The van der Waals surface area contributed by atoms with Gasteiger partial charge in [0.15, 0.2) is 5.78 Å². The van der Waals surface area contributed by atoms with E-state index in [9.17, 15) is 4.79 Å². The van der Waals surface area contributed by atoms with Crippen molar-refractivity contribution in [2.75, 3.05) is 6.54 Å². The van der Waals surface area contributed by atoms with E-state index in [1.165, 1.54) is 0 Å². The SMILES string of the molecule is O=C1CN=C(c2ccccc2)c2cc(Br)cc(Br)c2C1. The topological polar surface area (TPSA) is 29.4 Å². The Bertz CT molecular complexity index is 708. The van der Waals surface area contributed by atoms with Crippen LogP contribution in [0.1, 0.15) is 16.7 Å². The molecule has 0 N–H and O–H groups in total. The minimum atomic E-state index is 0.139. The zero-order chi connectivity index (χ0) is 14.1. The maximum Gasteiger partial charge on any atom is 0.158 e. The van der Waals surface area contributed by atoms with E-state index in [0.717, 1.165) is 31.3 Å². The molecule has 0 saturated carbocycles. The second kappa shape index (κ2) is 5.62. The van der Waals surface area contributed by atoms with Gasteiger partial charge in [-0.1, -0.05) is 62.2 Å². The van der Waals surface area contributed by atoms with Crippen molar-refractivity contribution in [1.82, 2.24) is 0 Å². The molecule has 0 amide bonds. The zero-order valence-electron chi connectivity index (χ0n) is 10.6. The maximum absolute atomic E-state index is 11.9. The Labute approximate surface area is 134 Å². The Morgan fingerprint density at radius 2 is 1.80 bits per heavy atom. The van der Waals surface area contributed by atoms with Crippen molar-refractivity contribution in [3.63, 3.8) is 0 Å². The van der Waals surface area contributed by atoms with E-state index in [1.54, 1.807) is 0 Å². The second-order valence-electron chi connectivity index (χ2n) is 4.66. The third-order valence-corrected chi connectivity index (χ3v) is 4.42. The number of nitrogens with zero attached hydrogens (tertiary/aromatic N) is 1. The van der Waals surface area contributed by atoms with Crippen molar-refractivity contribution >= 4 is 43.4 Å². The number of halogens is 2. The first kappa shape index (κ1) is 13.7. The predicted octanol–water partition coefficient (Wildman–Crippen LogP) is 4.17. The number of carbonyl (C=O) groups is 1. The van der Waals surface area contributed by atoms with Gasteiger partial charge in [0.1, 0.15) is 0 Å². The van der Waals surface area contributed by atoms with Gasteiger partial charge in [0, 0.05) is 26.5 Å². The zero-order valence-corrected chi connectivity index (χ0v) is 13.7. The van der Waals surface area contributed by atoms with Gasteiger partial charge in [0.05, 0.1) is 12.3 Å². The van der Waals surface area contributed by atoms with Gasteiger partial charge in [-0.25, -0.2) is 0 Å². The van der Waals surface area contributed by atoms with Gasteiger partial charge in [-0.15, -0.1) is 0 Å². The Morgan fingerprint density at radius 3 is 2.55 bits per heavy atom.